The van der Waals surface area contributed by atoms with Crippen molar-refractivity contribution in [3.05, 3.63) is 30.7 Å². The Morgan fingerprint density at radius 2 is 1.65 bits per heavy atom. The van der Waals surface area contributed by atoms with E-state index in [1.165, 1.54) is 12.4 Å². The number of phenolic OH excluding ortho intramolecular Hbond substituents is 1. The maximum absolute atomic E-state index is 10.5. The van der Waals surface area contributed by atoms with Gasteiger partial charge >= 0.3 is 6.01 Å². The van der Waals surface area contributed by atoms with Gasteiger partial charge in [0.2, 0.25) is 5.95 Å². The highest BCUT2D eigenvalue weighted by atomic mass is 35.5. The predicted molar refractivity (Wildman–Crippen MR) is 135 cm³/mol. The lowest BCUT2D eigenvalue weighted by atomic mass is 9.79. The van der Waals surface area contributed by atoms with Crippen molar-refractivity contribution in [2.45, 2.75) is 57.7 Å². The van der Waals surface area contributed by atoms with E-state index in [4.69, 9.17) is 0 Å². The van der Waals surface area contributed by atoms with Gasteiger partial charge in [-0.25, -0.2) is 9.97 Å². The van der Waals surface area contributed by atoms with Crippen molar-refractivity contribution in [2.75, 3.05) is 11.9 Å². The number of phenols is 1. The molecule has 1 saturated heterocycles. The summed E-state index contributed by atoms with van der Waals surface area (Å²) in [5, 5.41) is 32.3. The minimum absolute atomic E-state index is 0. The number of rotatable bonds is 4. The predicted octanol–water partition coefficient (Wildman–Crippen LogP) is 3.39. The molecule has 34 heavy (non-hydrogen) atoms. The van der Waals surface area contributed by atoms with E-state index >= 15 is 0 Å². The van der Waals surface area contributed by atoms with Gasteiger partial charge in [0.25, 0.3) is 0 Å². The molecule has 0 spiro atoms. The summed E-state index contributed by atoms with van der Waals surface area (Å²) in [5.41, 5.74) is 1.51. The molecule has 3 N–H and O–H groups in total. The normalized spacial score (nSPS) is 16.7. The number of benzene rings is 1. The highest BCUT2D eigenvalue weighted by molar-refractivity contribution is 5.85. The largest absolute Gasteiger partial charge is 0.507 e. The van der Waals surface area contributed by atoms with Gasteiger partial charge in [-0.1, -0.05) is 6.07 Å². The Kier molecular flexibility index (Phi) is 8.23. The zero-order valence-electron chi connectivity index (χ0n) is 19.7. The number of aromatic nitrogens is 6. The van der Waals surface area contributed by atoms with Crippen molar-refractivity contribution in [1.29, 1.82) is 0 Å². The van der Waals surface area contributed by atoms with Crippen molar-refractivity contribution in [3.63, 3.8) is 0 Å². The van der Waals surface area contributed by atoms with Gasteiger partial charge in [-0.05, 0) is 52.7 Å². The molecule has 10 nitrogen and oxygen atoms in total. The maximum Gasteiger partial charge on any atom is 0.317 e. The third kappa shape index (κ3) is 5.99. The summed E-state index contributed by atoms with van der Waals surface area (Å²) in [7, 11) is 2.00. The molecule has 1 aromatic carbocycles. The maximum atomic E-state index is 10.5. The molecule has 0 unspecified atom stereocenters. The molecule has 0 radical (unpaired) electrons. The third-order valence-corrected chi connectivity index (χ3v) is 5.67. The Morgan fingerprint density at radius 3 is 2.21 bits per heavy atom. The van der Waals surface area contributed by atoms with Crippen LogP contribution in [0.25, 0.3) is 22.6 Å². The van der Waals surface area contributed by atoms with E-state index in [0.29, 0.717) is 22.8 Å². The van der Waals surface area contributed by atoms with Crippen LogP contribution < -0.4 is 10.2 Å². The number of anilines is 1. The molecular weight excluding hydrogens is 479 g/mol. The molecule has 2 aromatic heterocycles. The van der Waals surface area contributed by atoms with Crippen LogP contribution in [0.15, 0.2) is 30.7 Å². The van der Waals surface area contributed by atoms with E-state index in [1.54, 1.807) is 18.3 Å². The Balaban J connectivity index is 0.00000204. The van der Waals surface area contributed by atoms with Gasteiger partial charge in [0.05, 0.1) is 6.20 Å². The number of nitrogens with one attached hydrogen (secondary N) is 1. The van der Waals surface area contributed by atoms with Crippen LogP contribution in [0.4, 0.5) is 5.95 Å². The molecule has 0 aliphatic carbocycles. The quantitative estimate of drug-likeness (QED) is 0.481. The van der Waals surface area contributed by atoms with Crippen LogP contribution in [0.2, 0.25) is 0 Å². The first-order valence-corrected chi connectivity index (χ1v) is 10.5. The van der Waals surface area contributed by atoms with Crippen LogP contribution in [-0.2, 0) is 0 Å². The second-order valence-electron chi connectivity index (χ2n) is 9.55. The smallest absolute Gasteiger partial charge is 0.317 e. The minimum atomic E-state index is -0.381. The monoisotopic (exact) mass is 508 g/mol. The first kappa shape index (κ1) is 27.4. The fourth-order valence-corrected chi connectivity index (χ4v) is 4.57. The standard InChI is InChI=1S/C22H28N8O2.2ClH/c1-21(2)9-14(10-22(3,4)29-21)30(5)19-23-11-16(27-28-19)15-7-6-13(8-17(15)31)18-24-12-25-20(32)26-18;;/h6-8,11-12,14,29,31H,9-10H2,1-5H3,(H,24,25,26,32);2*1H. The van der Waals surface area contributed by atoms with Crippen molar-refractivity contribution < 1.29 is 10.2 Å². The number of hydrogen-bond acceptors (Lipinski definition) is 10. The van der Waals surface area contributed by atoms with E-state index in [-0.39, 0.29) is 59.5 Å². The van der Waals surface area contributed by atoms with Gasteiger partial charge in [0.15, 0.2) is 5.82 Å². The topological polar surface area (TPSA) is 133 Å². The van der Waals surface area contributed by atoms with Crippen LogP contribution in [0, 0.1) is 0 Å². The molecule has 0 saturated carbocycles. The third-order valence-electron chi connectivity index (χ3n) is 5.67. The van der Waals surface area contributed by atoms with Gasteiger partial charge in [-0.3, -0.25) is 0 Å². The van der Waals surface area contributed by atoms with Crippen molar-refractivity contribution in [1.82, 2.24) is 35.5 Å². The van der Waals surface area contributed by atoms with Crippen LogP contribution in [0.1, 0.15) is 40.5 Å². The van der Waals surface area contributed by atoms with E-state index in [0.717, 1.165) is 12.8 Å². The summed E-state index contributed by atoms with van der Waals surface area (Å²) in [6.07, 6.45) is 4.75. The molecular formula is C22H30Cl2N8O2. The molecule has 4 rings (SSSR count). The molecule has 3 aromatic rings. The highest BCUT2D eigenvalue weighted by Gasteiger charge is 2.39. The SMILES string of the molecule is CN(c1ncc(-c2ccc(-c3ncnc(O)n3)cc2O)nn1)C1CC(C)(C)NC(C)(C)C1.Cl.Cl. The number of halogens is 2. The second-order valence-corrected chi connectivity index (χ2v) is 9.55. The number of piperidine rings is 1. The zero-order valence-corrected chi connectivity index (χ0v) is 21.4. The second kappa shape index (κ2) is 10.2. The molecule has 1 fully saturated rings. The van der Waals surface area contributed by atoms with Gasteiger partial charge in [-0.2, -0.15) is 9.97 Å². The van der Waals surface area contributed by atoms with Crippen LogP contribution in [-0.4, -0.2) is 64.5 Å². The molecule has 0 bridgehead atoms. The van der Waals surface area contributed by atoms with Crippen LogP contribution in [0.5, 0.6) is 11.8 Å². The molecule has 3 heterocycles. The molecule has 1 aliphatic heterocycles. The lowest BCUT2D eigenvalue weighted by Gasteiger charge is -2.48. The number of nitrogens with zero attached hydrogens (tertiary/aromatic N) is 7. The first-order chi connectivity index (χ1) is 15.0. The fourth-order valence-electron chi connectivity index (χ4n) is 4.57. The average molecular weight is 509 g/mol. The molecule has 0 atom stereocenters. The molecule has 1 aliphatic rings. The Morgan fingerprint density at radius 1 is 0.971 bits per heavy atom. The Labute approximate surface area is 211 Å². The Hall–Kier alpha value is -2.82. The molecule has 12 heteroatoms. The summed E-state index contributed by atoms with van der Waals surface area (Å²) in [6, 6.07) is 4.82. The highest BCUT2D eigenvalue weighted by Crippen LogP contribution is 2.33. The van der Waals surface area contributed by atoms with Crippen molar-refractivity contribution >= 4 is 30.8 Å². The summed E-state index contributed by atoms with van der Waals surface area (Å²) in [4.78, 5) is 18.0. The molecule has 0 amide bonds. The summed E-state index contributed by atoms with van der Waals surface area (Å²) in [5.74, 6) is 0.791. The lowest BCUT2D eigenvalue weighted by Crippen LogP contribution is -2.62. The summed E-state index contributed by atoms with van der Waals surface area (Å²) >= 11 is 0. The van der Waals surface area contributed by atoms with Crippen LogP contribution in [0.3, 0.4) is 0 Å². The fraction of sp³-hybridized carbons (Fsp3) is 0.455. The van der Waals surface area contributed by atoms with Crippen molar-refractivity contribution in [3.8, 4) is 34.4 Å². The van der Waals surface area contributed by atoms with E-state index in [2.05, 4.69) is 68.0 Å². The Bertz CT molecular complexity index is 1110. The number of hydrogen-bond donors (Lipinski definition) is 3. The molecule has 184 valence electrons. The van der Waals surface area contributed by atoms with Gasteiger partial charge in [0.1, 0.15) is 17.8 Å². The van der Waals surface area contributed by atoms with E-state index in [9.17, 15) is 10.2 Å². The van der Waals surface area contributed by atoms with E-state index in [1.807, 2.05) is 7.05 Å². The van der Waals surface area contributed by atoms with Gasteiger partial charge < -0.3 is 20.4 Å². The average Bonchev–Trinajstić information content (AvgIpc) is 2.71. The summed E-state index contributed by atoms with van der Waals surface area (Å²) in [6.45, 7) is 8.84. The first-order valence-electron chi connectivity index (χ1n) is 10.5. The minimum Gasteiger partial charge on any atom is -0.507 e. The van der Waals surface area contributed by atoms with Crippen molar-refractivity contribution in [2.24, 2.45) is 0 Å². The van der Waals surface area contributed by atoms with Gasteiger partial charge in [0, 0.05) is 35.3 Å². The number of aromatic hydroxyl groups is 2. The van der Waals surface area contributed by atoms with E-state index < -0.39 is 0 Å². The van der Waals surface area contributed by atoms with Crippen LogP contribution >= 0.6 is 24.8 Å². The summed E-state index contributed by atoms with van der Waals surface area (Å²) < 4.78 is 0. The van der Waals surface area contributed by atoms with Gasteiger partial charge in [-0.15, -0.1) is 35.0 Å². The zero-order chi connectivity index (χ0) is 23.1. The lowest BCUT2D eigenvalue weighted by molar-refractivity contribution is 0.160.